The molecular weight excluding hydrogens is 188 g/mol. The van der Waals surface area contributed by atoms with E-state index in [4.69, 9.17) is 5.73 Å². The molecule has 0 spiro atoms. The van der Waals surface area contributed by atoms with Crippen LogP contribution in [0.5, 0.6) is 0 Å². The maximum absolute atomic E-state index is 10.5. The van der Waals surface area contributed by atoms with Crippen molar-refractivity contribution in [3.05, 3.63) is 0 Å². The first kappa shape index (κ1) is 12.5. The summed E-state index contributed by atoms with van der Waals surface area (Å²) in [5, 5.41) is 3.10. The van der Waals surface area contributed by atoms with E-state index >= 15 is 0 Å². The SMILES string of the molecule is C[C@H](CNCC(N)=O)CC1CCCCC1. The maximum Gasteiger partial charge on any atom is 0.231 e. The topological polar surface area (TPSA) is 55.1 Å². The van der Waals surface area contributed by atoms with E-state index in [0.717, 1.165) is 12.5 Å². The Morgan fingerprint density at radius 1 is 1.40 bits per heavy atom. The zero-order chi connectivity index (χ0) is 11.1. The quantitative estimate of drug-likeness (QED) is 0.703. The number of hydrogen-bond acceptors (Lipinski definition) is 2. The number of rotatable bonds is 6. The van der Waals surface area contributed by atoms with Crippen LogP contribution in [0.2, 0.25) is 0 Å². The molecule has 1 amide bonds. The highest BCUT2D eigenvalue weighted by Gasteiger charge is 2.16. The molecule has 3 nitrogen and oxygen atoms in total. The highest BCUT2D eigenvalue weighted by molar-refractivity contribution is 5.75. The molecule has 0 aliphatic heterocycles. The third kappa shape index (κ3) is 5.78. The van der Waals surface area contributed by atoms with Crippen LogP contribution < -0.4 is 11.1 Å². The van der Waals surface area contributed by atoms with Gasteiger partial charge in [-0.25, -0.2) is 0 Å². The summed E-state index contributed by atoms with van der Waals surface area (Å²) in [5.74, 6) is 1.32. The minimum atomic E-state index is -0.264. The normalized spacial score (nSPS) is 20.1. The van der Waals surface area contributed by atoms with Crippen LogP contribution in [0.4, 0.5) is 0 Å². The van der Waals surface area contributed by atoms with Crippen LogP contribution in [-0.2, 0) is 4.79 Å². The molecule has 0 aromatic heterocycles. The van der Waals surface area contributed by atoms with Crippen molar-refractivity contribution in [2.24, 2.45) is 17.6 Å². The summed E-state index contributed by atoms with van der Waals surface area (Å²) >= 11 is 0. The molecule has 1 aliphatic rings. The van der Waals surface area contributed by atoms with Crippen LogP contribution in [0.15, 0.2) is 0 Å². The fourth-order valence-corrected chi connectivity index (χ4v) is 2.52. The van der Waals surface area contributed by atoms with Gasteiger partial charge in [0.15, 0.2) is 0 Å². The number of hydrogen-bond donors (Lipinski definition) is 2. The van der Waals surface area contributed by atoms with Crippen LogP contribution >= 0.6 is 0 Å². The summed E-state index contributed by atoms with van der Waals surface area (Å²) < 4.78 is 0. The molecule has 1 rings (SSSR count). The van der Waals surface area contributed by atoms with Gasteiger partial charge in [-0.15, -0.1) is 0 Å². The van der Waals surface area contributed by atoms with Crippen molar-refractivity contribution in [1.82, 2.24) is 5.32 Å². The van der Waals surface area contributed by atoms with E-state index in [-0.39, 0.29) is 5.91 Å². The molecule has 15 heavy (non-hydrogen) atoms. The molecule has 1 saturated carbocycles. The zero-order valence-electron chi connectivity index (χ0n) is 9.80. The Morgan fingerprint density at radius 3 is 2.67 bits per heavy atom. The Bertz CT molecular complexity index is 188. The Kier molecular flexibility index (Phi) is 5.69. The zero-order valence-corrected chi connectivity index (χ0v) is 9.80. The van der Waals surface area contributed by atoms with Gasteiger partial charge in [-0.05, 0) is 24.8 Å². The number of nitrogens with two attached hydrogens (primary N) is 1. The first-order valence-corrected chi connectivity index (χ1v) is 6.17. The number of carbonyl (C=O) groups is 1. The minimum absolute atomic E-state index is 0.264. The van der Waals surface area contributed by atoms with Gasteiger partial charge in [-0.2, -0.15) is 0 Å². The predicted octanol–water partition coefficient (Wildman–Crippen LogP) is 1.67. The van der Waals surface area contributed by atoms with Gasteiger partial charge in [-0.3, -0.25) is 4.79 Å². The molecule has 0 aromatic carbocycles. The fourth-order valence-electron chi connectivity index (χ4n) is 2.52. The van der Waals surface area contributed by atoms with Crippen molar-refractivity contribution in [2.45, 2.75) is 45.4 Å². The van der Waals surface area contributed by atoms with Gasteiger partial charge < -0.3 is 11.1 Å². The molecular formula is C12H24N2O. The number of nitrogens with one attached hydrogen (secondary N) is 1. The molecule has 0 saturated heterocycles. The Hall–Kier alpha value is -0.570. The summed E-state index contributed by atoms with van der Waals surface area (Å²) in [7, 11) is 0. The first-order valence-electron chi connectivity index (χ1n) is 6.17. The first-order chi connectivity index (χ1) is 7.18. The summed E-state index contributed by atoms with van der Waals surface area (Å²) in [6, 6.07) is 0. The van der Waals surface area contributed by atoms with Crippen LogP contribution in [-0.4, -0.2) is 19.0 Å². The Morgan fingerprint density at radius 2 is 2.07 bits per heavy atom. The predicted molar refractivity (Wildman–Crippen MR) is 62.4 cm³/mol. The van der Waals surface area contributed by atoms with Crippen molar-refractivity contribution in [3.8, 4) is 0 Å². The number of amides is 1. The average molecular weight is 212 g/mol. The van der Waals surface area contributed by atoms with Gasteiger partial charge in [0.2, 0.25) is 5.91 Å². The second kappa shape index (κ2) is 6.83. The van der Waals surface area contributed by atoms with E-state index < -0.39 is 0 Å². The van der Waals surface area contributed by atoms with Crippen molar-refractivity contribution in [2.75, 3.05) is 13.1 Å². The van der Waals surface area contributed by atoms with E-state index in [9.17, 15) is 4.79 Å². The summed E-state index contributed by atoms with van der Waals surface area (Å²) in [6.45, 7) is 3.48. The second-order valence-electron chi connectivity index (χ2n) is 4.94. The van der Waals surface area contributed by atoms with Gasteiger partial charge in [0.1, 0.15) is 0 Å². The molecule has 0 radical (unpaired) electrons. The maximum atomic E-state index is 10.5. The highest BCUT2D eigenvalue weighted by Crippen LogP contribution is 2.28. The number of carbonyl (C=O) groups excluding carboxylic acids is 1. The molecule has 88 valence electrons. The molecule has 1 fully saturated rings. The highest BCUT2D eigenvalue weighted by atomic mass is 16.1. The van der Waals surface area contributed by atoms with Gasteiger partial charge in [-0.1, -0.05) is 39.0 Å². The largest absolute Gasteiger partial charge is 0.369 e. The van der Waals surface area contributed by atoms with E-state index in [0.29, 0.717) is 12.5 Å². The Labute approximate surface area is 92.8 Å². The molecule has 0 aromatic rings. The van der Waals surface area contributed by atoms with Crippen LogP contribution in [0.25, 0.3) is 0 Å². The lowest BCUT2D eigenvalue weighted by Crippen LogP contribution is -2.32. The van der Waals surface area contributed by atoms with E-state index in [2.05, 4.69) is 12.2 Å². The number of primary amides is 1. The smallest absolute Gasteiger partial charge is 0.231 e. The van der Waals surface area contributed by atoms with Crippen LogP contribution in [0.1, 0.15) is 45.4 Å². The van der Waals surface area contributed by atoms with Crippen LogP contribution in [0, 0.1) is 11.8 Å². The summed E-state index contributed by atoms with van der Waals surface area (Å²) in [4.78, 5) is 10.5. The monoisotopic (exact) mass is 212 g/mol. The van der Waals surface area contributed by atoms with Crippen molar-refractivity contribution >= 4 is 5.91 Å². The standard InChI is InChI=1S/C12H24N2O/c1-10(8-14-9-12(13)15)7-11-5-3-2-4-6-11/h10-11,14H,2-9H2,1H3,(H2,13,15)/t10-/m0/s1. The molecule has 3 heteroatoms. The second-order valence-corrected chi connectivity index (χ2v) is 4.94. The van der Waals surface area contributed by atoms with Gasteiger partial charge in [0, 0.05) is 0 Å². The average Bonchev–Trinajstić information content (AvgIpc) is 2.18. The lowest BCUT2D eigenvalue weighted by atomic mass is 9.83. The molecule has 3 N–H and O–H groups in total. The van der Waals surface area contributed by atoms with Gasteiger partial charge in [0.05, 0.1) is 6.54 Å². The molecule has 1 atom stereocenters. The molecule has 0 heterocycles. The lowest BCUT2D eigenvalue weighted by molar-refractivity contribution is -0.117. The molecule has 1 aliphatic carbocycles. The van der Waals surface area contributed by atoms with Crippen molar-refractivity contribution < 1.29 is 4.79 Å². The van der Waals surface area contributed by atoms with Crippen molar-refractivity contribution in [3.63, 3.8) is 0 Å². The molecule has 0 bridgehead atoms. The van der Waals surface area contributed by atoms with Gasteiger partial charge >= 0.3 is 0 Å². The lowest BCUT2D eigenvalue weighted by Gasteiger charge is -2.24. The van der Waals surface area contributed by atoms with E-state index in [1.54, 1.807) is 0 Å². The third-order valence-electron chi connectivity index (χ3n) is 3.25. The third-order valence-corrected chi connectivity index (χ3v) is 3.25. The Balaban J connectivity index is 2.06. The van der Waals surface area contributed by atoms with E-state index in [1.807, 2.05) is 0 Å². The summed E-state index contributed by atoms with van der Waals surface area (Å²) in [6.07, 6.45) is 8.34. The van der Waals surface area contributed by atoms with Crippen LogP contribution in [0.3, 0.4) is 0 Å². The van der Waals surface area contributed by atoms with E-state index in [1.165, 1.54) is 38.5 Å². The van der Waals surface area contributed by atoms with Crippen molar-refractivity contribution in [1.29, 1.82) is 0 Å². The van der Waals surface area contributed by atoms with Gasteiger partial charge in [0.25, 0.3) is 0 Å². The minimum Gasteiger partial charge on any atom is -0.369 e. The summed E-state index contributed by atoms with van der Waals surface area (Å²) in [5.41, 5.74) is 5.06. The molecule has 0 unspecified atom stereocenters. The fraction of sp³-hybridized carbons (Fsp3) is 0.917.